The molecule has 5 nitrogen and oxygen atoms in total. The molecule has 0 atom stereocenters. The summed E-state index contributed by atoms with van der Waals surface area (Å²) in [4.78, 5) is 16.6. The maximum Gasteiger partial charge on any atom is 0.287 e. The molecule has 0 aliphatic heterocycles. The highest BCUT2D eigenvalue weighted by molar-refractivity contribution is 6.31. The summed E-state index contributed by atoms with van der Waals surface area (Å²) < 4.78 is 11.4. The van der Waals surface area contributed by atoms with Crippen molar-refractivity contribution in [3.05, 3.63) is 71.6 Å². The molecular formula is C21H17ClN2O3. The highest BCUT2D eigenvalue weighted by Gasteiger charge is 2.12. The van der Waals surface area contributed by atoms with Gasteiger partial charge in [-0.1, -0.05) is 29.8 Å². The Labute approximate surface area is 160 Å². The summed E-state index contributed by atoms with van der Waals surface area (Å²) in [5.41, 5.74) is 1.47. The van der Waals surface area contributed by atoms with Crippen LogP contribution in [0, 0.1) is 0 Å². The van der Waals surface area contributed by atoms with Gasteiger partial charge in [0, 0.05) is 28.5 Å². The number of halogens is 1. The molecule has 0 saturated carbocycles. The number of hydrogen-bond donors (Lipinski definition) is 1. The van der Waals surface area contributed by atoms with Crippen molar-refractivity contribution in [2.24, 2.45) is 0 Å². The van der Waals surface area contributed by atoms with E-state index in [1.165, 1.54) is 0 Å². The van der Waals surface area contributed by atoms with Crippen molar-refractivity contribution in [3.63, 3.8) is 0 Å². The van der Waals surface area contributed by atoms with Gasteiger partial charge in [-0.15, -0.1) is 0 Å². The van der Waals surface area contributed by atoms with Crippen LogP contribution in [-0.4, -0.2) is 24.0 Å². The molecule has 0 unspecified atom stereocenters. The molecule has 0 saturated heterocycles. The van der Waals surface area contributed by atoms with Crippen molar-refractivity contribution in [3.8, 4) is 5.75 Å². The molecule has 0 fully saturated rings. The van der Waals surface area contributed by atoms with Crippen LogP contribution in [0.3, 0.4) is 0 Å². The van der Waals surface area contributed by atoms with Gasteiger partial charge in [-0.25, -0.2) is 0 Å². The molecule has 0 spiro atoms. The van der Waals surface area contributed by atoms with Crippen molar-refractivity contribution in [2.75, 3.05) is 13.2 Å². The second-order valence-corrected chi connectivity index (χ2v) is 6.52. The van der Waals surface area contributed by atoms with E-state index in [9.17, 15) is 4.79 Å². The van der Waals surface area contributed by atoms with E-state index in [1.54, 1.807) is 30.5 Å². The van der Waals surface area contributed by atoms with Crippen LogP contribution in [0.1, 0.15) is 17.0 Å². The van der Waals surface area contributed by atoms with E-state index in [4.69, 9.17) is 20.8 Å². The molecule has 27 heavy (non-hydrogen) atoms. The van der Waals surface area contributed by atoms with Crippen molar-refractivity contribution in [1.82, 2.24) is 10.3 Å². The summed E-state index contributed by atoms with van der Waals surface area (Å²) in [6.45, 7) is 0.959. The molecule has 0 aliphatic carbocycles. The first-order valence-electron chi connectivity index (χ1n) is 8.64. The van der Waals surface area contributed by atoms with Crippen molar-refractivity contribution < 1.29 is 13.9 Å². The van der Waals surface area contributed by atoms with Crippen LogP contribution in [-0.2, 0) is 0 Å². The van der Waals surface area contributed by atoms with E-state index in [1.807, 2.05) is 30.3 Å². The highest BCUT2D eigenvalue weighted by Crippen LogP contribution is 2.24. The lowest BCUT2D eigenvalue weighted by Gasteiger charge is -2.08. The number of fused-ring (bicyclic) bond motifs is 2. The Kier molecular flexibility index (Phi) is 4.94. The Morgan fingerprint density at radius 1 is 1.11 bits per heavy atom. The minimum atomic E-state index is -0.255. The molecule has 2 heterocycles. The first-order chi connectivity index (χ1) is 13.2. The number of hydrogen-bond acceptors (Lipinski definition) is 4. The van der Waals surface area contributed by atoms with Crippen LogP contribution in [0.25, 0.3) is 21.9 Å². The second kappa shape index (κ2) is 7.68. The van der Waals surface area contributed by atoms with E-state index >= 15 is 0 Å². The summed E-state index contributed by atoms with van der Waals surface area (Å²) in [5, 5.41) is 5.28. The number of furan rings is 1. The van der Waals surface area contributed by atoms with Gasteiger partial charge in [0.1, 0.15) is 16.8 Å². The SMILES string of the molecule is O=C(NCCCOc1cccc2cccnc12)c1cc2cc(Cl)ccc2o1. The molecule has 6 heteroatoms. The van der Waals surface area contributed by atoms with Gasteiger partial charge in [-0.3, -0.25) is 9.78 Å². The number of ether oxygens (including phenoxy) is 1. The summed E-state index contributed by atoms with van der Waals surface area (Å²) >= 11 is 5.95. The number of aromatic nitrogens is 1. The van der Waals surface area contributed by atoms with Gasteiger partial charge in [-0.05, 0) is 42.8 Å². The molecule has 0 aliphatic rings. The fourth-order valence-corrected chi connectivity index (χ4v) is 3.04. The number of para-hydroxylation sites is 1. The van der Waals surface area contributed by atoms with E-state index in [0.29, 0.717) is 30.2 Å². The maximum atomic E-state index is 12.2. The number of benzene rings is 2. The smallest absolute Gasteiger partial charge is 0.287 e. The standard InChI is InChI=1S/C21H17ClN2O3/c22-16-7-8-17-15(12-16)13-19(27-17)21(25)24-10-3-11-26-18-6-1-4-14-5-2-9-23-20(14)18/h1-2,4-9,12-13H,3,10-11H2,(H,24,25). The van der Waals surface area contributed by atoms with Crippen molar-refractivity contribution >= 4 is 39.4 Å². The lowest BCUT2D eigenvalue weighted by Crippen LogP contribution is -2.25. The van der Waals surface area contributed by atoms with Crippen LogP contribution in [0.4, 0.5) is 0 Å². The number of pyridine rings is 1. The van der Waals surface area contributed by atoms with Gasteiger partial charge in [0.25, 0.3) is 5.91 Å². The molecular weight excluding hydrogens is 364 g/mol. The van der Waals surface area contributed by atoms with E-state index < -0.39 is 0 Å². The summed E-state index contributed by atoms with van der Waals surface area (Å²) in [6, 6.07) is 16.7. The average Bonchev–Trinajstić information content (AvgIpc) is 3.11. The van der Waals surface area contributed by atoms with Crippen LogP contribution in [0.5, 0.6) is 5.75 Å². The predicted octanol–water partition coefficient (Wildman–Crippen LogP) is 4.83. The molecule has 2 aromatic carbocycles. The third-order valence-electron chi connectivity index (χ3n) is 4.16. The van der Waals surface area contributed by atoms with E-state index in [0.717, 1.165) is 22.0 Å². The van der Waals surface area contributed by atoms with Crippen molar-refractivity contribution in [2.45, 2.75) is 6.42 Å². The monoisotopic (exact) mass is 380 g/mol. The molecule has 1 amide bonds. The van der Waals surface area contributed by atoms with Gasteiger partial charge in [0.2, 0.25) is 0 Å². The van der Waals surface area contributed by atoms with Crippen molar-refractivity contribution in [1.29, 1.82) is 0 Å². The Bertz CT molecular complexity index is 1100. The molecule has 0 bridgehead atoms. The lowest BCUT2D eigenvalue weighted by molar-refractivity contribution is 0.0926. The first kappa shape index (κ1) is 17.4. The topological polar surface area (TPSA) is 64.4 Å². The van der Waals surface area contributed by atoms with Gasteiger partial charge < -0.3 is 14.5 Å². The highest BCUT2D eigenvalue weighted by atomic mass is 35.5. The number of amides is 1. The zero-order valence-corrected chi connectivity index (χ0v) is 15.2. The lowest BCUT2D eigenvalue weighted by atomic mass is 10.2. The van der Waals surface area contributed by atoms with Gasteiger partial charge in [-0.2, -0.15) is 0 Å². The molecule has 2 aromatic heterocycles. The van der Waals surface area contributed by atoms with Crippen LogP contribution in [0.15, 0.2) is 65.2 Å². The minimum Gasteiger partial charge on any atom is -0.491 e. The largest absolute Gasteiger partial charge is 0.491 e. The molecule has 136 valence electrons. The number of carbonyl (C=O) groups is 1. The summed E-state index contributed by atoms with van der Waals surface area (Å²) in [6.07, 6.45) is 2.41. The third-order valence-corrected chi connectivity index (χ3v) is 4.40. The fourth-order valence-electron chi connectivity index (χ4n) is 2.86. The average molecular weight is 381 g/mol. The van der Waals surface area contributed by atoms with Gasteiger partial charge >= 0.3 is 0 Å². The molecule has 4 rings (SSSR count). The van der Waals surface area contributed by atoms with E-state index in [-0.39, 0.29) is 11.7 Å². The summed E-state index contributed by atoms with van der Waals surface area (Å²) in [7, 11) is 0. The molecule has 4 aromatic rings. The second-order valence-electron chi connectivity index (χ2n) is 6.08. The quantitative estimate of drug-likeness (QED) is 0.486. The van der Waals surface area contributed by atoms with Crippen LogP contribution >= 0.6 is 11.6 Å². The zero-order valence-electron chi connectivity index (χ0n) is 14.4. The number of nitrogens with one attached hydrogen (secondary N) is 1. The molecule has 0 radical (unpaired) electrons. The third kappa shape index (κ3) is 3.88. The number of nitrogens with zero attached hydrogens (tertiary/aromatic N) is 1. The van der Waals surface area contributed by atoms with Gasteiger partial charge in [0.15, 0.2) is 5.76 Å². The predicted molar refractivity (Wildman–Crippen MR) is 105 cm³/mol. The van der Waals surface area contributed by atoms with Crippen LogP contribution < -0.4 is 10.1 Å². The minimum absolute atomic E-state index is 0.255. The normalized spacial score (nSPS) is 11.0. The number of rotatable bonds is 6. The van der Waals surface area contributed by atoms with Gasteiger partial charge in [0.05, 0.1) is 6.61 Å². The molecule has 1 N–H and O–H groups in total. The van der Waals surface area contributed by atoms with E-state index in [2.05, 4.69) is 10.3 Å². The first-order valence-corrected chi connectivity index (χ1v) is 9.02. The fraction of sp³-hybridized carbons (Fsp3) is 0.143. The Hall–Kier alpha value is -3.05. The Balaban J connectivity index is 1.30. The zero-order chi connectivity index (χ0) is 18.6. The van der Waals surface area contributed by atoms with Crippen LogP contribution in [0.2, 0.25) is 5.02 Å². The number of carbonyl (C=O) groups excluding carboxylic acids is 1. The summed E-state index contributed by atoms with van der Waals surface area (Å²) in [5.74, 6) is 0.758. The maximum absolute atomic E-state index is 12.2. The Morgan fingerprint density at radius 3 is 2.93 bits per heavy atom. The Morgan fingerprint density at radius 2 is 2.00 bits per heavy atom.